The Morgan fingerprint density at radius 2 is 2.04 bits per heavy atom. The number of aromatic nitrogens is 1. The maximum Gasteiger partial charge on any atom is 0.241 e. The molecule has 9 heteroatoms. The molecule has 1 saturated carbocycles. The monoisotopic (exact) mass is 395 g/mol. The van der Waals surface area contributed by atoms with Crippen LogP contribution in [0.15, 0.2) is 23.1 Å². The topological polar surface area (TPSA) is 111 Å². The Labute approximate surface area is 156 Å². The van der Waals surface area contributed by atoms with E-state index in [1.807, 2.05) is 6.92 Å². The molecule has 0 bridgehead atoms. The molecule has 1 aliphatic carbocycles. The van der Waals surface area contributed by atoms with E-state index in [1.54, 1.807) is 12.1 Å². The summed E-state index contributed by atoms with van der Waals surface area (Å²) in [6.45, 7) is 1.82. The highest BCUT2D eigenvalue weighted by atomic mass is 32.2. The molecule has 0 saturated heterocycles. The first-order valence-corrected chi connectivity index (χ1v) is 10.7. The van der Waals surface area contributed by atoms with Crippen LogP contribution < -0.4 is 15.2 Å². The van der Waals surface area contributed by atoms with Gasteiger partial charge in [-0.3, -0.25) is 4.79 Å². The highest BCUT2D eigenvalue weighted by Crippen LogP contribution is 2.36. The largest absolute Gasteiger partial charge is 0.495 e. The van der Waals surface area contributed by atoms with Crippen LogP contribution in [-0.2, 0) is 14.8 Å². The Morgan fingerprint density at radius 3 is 2.65 bits per heavy atom. The molecular weight excluding hydrogens is 374 g/mol. The first kappa shape index (κ1) is 18.8. The molecule has 0 spiro atoms. The third-order valence-corrected chi connectivity index (χ3v) is 6.54. The summed E-state index contributed by atoms with van der Waals surface area (Å²) in [4.78, 5) is 17.4. The highest BCUT2D eigenvalue weighted by molar-refractivity contribution is 7.89. The summed E-state index contributed by atoms with van der Waals surface area (Å²) in [7, 11) is -2.54. The molecule has 1 aromatic carbocycles. The number of hydrogen-bond acceptors (Lipinski definition) is 6. The van der Waals surface area contributed by atoms with E-state index in [1.165, 1.54) is 24.5 Å². The number of carbonyl (C=O) groups is 1. The van der Waals surface area contributed by atoms with Crippen LogP contribution in [0.5, 0.6) is 5.75 Å². The summed E-state index contributed by atoms with van der Waals surface area (Å²) < 4.78 is 28.7. The Balaban J connectivity index is 1.90. The molecule has 1 aliphatic rings. The van der Waals surface area contributed by atoms with Gasteiger partial charge in [0, 0.05) is 5.92 Å². The van der Waals surface area contributed by atoms with Gasteiger partial charge in [0.15, 0.2) is 5.13 Å². The van der Waals surface area contributed by atoms with Crippen molar-refractivity contribution in [3.8, 4) is 16.2 Å². The van der Waals surface area contributed by atoms with Crippen LogP contribution in [0.25, 0.3) is 10.4 Å². The van der Waals surface area contributed by atoms with E-state index in [2.05, 4.69) is 10.3 Å². The number of benzene rings is 1. The summed E-state index contributed by atoms with van der Waals surface area (Å²) in [6.07, 6.45) is 4.00. The molecule has 0 aliphatic heterocycles. The lowest BCUT2D eigenvalue weighted by atomic mass is 10.1. The Hall–Kier alpha value is -1.97. The van der Waals surface area contributed by atoms with E-state index in [0.29, 0.717) is 16.4 Å². The number of rotatable bonds is 5. The van der Waals surface area contributed by atoms with Gasteiger partial charge in [0.25, 0.3) is 0 Å². The van der Waals surface area contributed by atoms with Crippen molar-refractivity contribution in [3.63, 3.8) is 0 Å². The normalized spacial score (nSPS) is 15.2. The van der Waals surface area contributed by atoms with Crippen LogP contribution >= 0.6 is 11.3 Å². The average molecular weight is 396 g/mol. The van der Waals surface area contributed by atoms with Gasteiger partial charge in [0.05, 0.1) is 17.7 Å². The summed E-state index contributed by atoms with van der Waals surface area (Å²) >= 11 is 1.31. The molecule has 26 heavy (non-hydrogen) atoms. The van der Waals surface area contributed by atoms with Gasteiger partial charge in [-0.2, -0.15) is 0 Å². The first-order chi connectivity index (χ1) is 12.3. The average Bonchev–Trinajstić information content (AvgIpc) is 3.23. The number of nitrogens with two attached hydrogens (primary N) is 1. The number of sulfonamides is 1. The number of nitrogens with zero attached hydrogens (tertiary/aromatic N) is 1. The first-order valence-electron chi connectivity index (χ1n) is 8.29. The zero-order chi connectivity index (χ0) is 18.9. The lowest BCUT2D eigenvalue weighted by Crippen LogP contribution is -2.20. The van der Waals surface area contributed by atoms with Crippen LogP contribution in [0.1, 0.15) is 31.4 Å². The van der Waals surface area contributed by atoms with E-state index in [0.717, 1.165) is 30.6 Å². The molecule has 1 amide bonds. The second-order valence-corrected chi connectivity index (χ2v) is 8.84. The van der Waals surface area contributed by atoms with Gasteiger partial charge in [-0.05, 0) is 43.5 Å². The SMILES string of the molecule is COc1ccc(-c2sc(NC(=O)C3CCCC3)nc2C)cc1S(N)(=O)=O. The summed E-state index contributed by atoms with van der Waals surface area (Å²) in [5.74, 6) is 0.244. The van der Waals surface area contributed by atoms with Crippen molar-refractivity contribution in [1.82, 2.24) is 4.98 Å². The van der Waals surface area contributed by atoms with Gasteiger partial charge >= 0.3 is 0 Å². The minimum Gasteiger partial charge on any atom is -0.495 e. The van der Waals surface area contributed by atoms with Gasteiger partial charge in [0.2, 0.25) is 15.9 Å². The van der Waals surface area contributed by atoms with E-state index in [4.69, 9.17) is 9.88 Å². The molecule has 1 fully saturated rings. The van der Waals surface area contributed by atoms with Crippen LogP contribution in [0.3, 0.4) is 0 Å². The van der Waals surface area contributed by atoms with Crippen molar-refractivity contribution in [3.05, 3.63) is 23.9 Å². The lowest BCUT2D eigenvalue weighted by Gasteiger charge is -2.08. The van der Waals surface area contributed by atoms with Crippen LogP contribution in [-0.4, -0.2) is 26.4 Å². The molecule has 1 heterocycles. The number of carbonyl (C=O) groups excluding carboxylic acids is 1. The zero-order valence-corrected chi connectivity index (χ0v) is 16.2. The molecule has 140 valence electrons. The highest BCUT2D eigenvalue weighted by Gasteiger charge is 2.24. The number of methoxy groups -OCH3 is 1. The molecular formula is C17H21N3O4S2. The molecule has 1 aromatic heterocycles. The van der Waals surface area contributed by atoms with Gasteiger partial charge in [-0.25, -0.2) is 18.5 Å². The number of thiazole rings is 1. The maximum absolute atomic E-state index is 12.3. The van der Waals surface area contributed by atoms with Gasteiger partial charge in [-0.1, -0.05) is 24.2 Å². The Bertz CT molecular complexity index is 931. The van der Waals surface area contributed by atoms with Gasteiger partial charge in [-0.15, -0.1) is 0 Å². The molecule has 7 nitrogen and oxygen atoms in total. The van der Waals surface area contributed by atoms with Crippen molar-refractivity contribution in [1.29, 1.82) is 0 Å². The summed E-state index contributed by atoms with van der Waals surface area (Å²) in [5.41, 5.74) is 1.37. The number of primary sulfonamides is 1. The van der Waals surface area contributed by atoms with Crippen molar-refractivity contribution in [2.75, 3.05) is 12.4 Å². The standard InChI is InChI=1S/C17H21N3O4S2/c1-10-15(12-7-8-13(24-2)14(9-12)26(18,22)23)25-17(19-10)20-16(21)11-5-3-4-6-11/h7-9,11H,3-6H2,1-2H3,(H2,18,22,23)(H,19,20,21). The number of aryl methyl sites for hydroxylation is 1. The predicted octanol–water partition coefficient (Wildman–Crippen LogP) is 2.90. The van der Waals surface area contributed by atoms with E-state index in [9.17, 15) is 13.2 Å². The number of ether oxygens (including phenoxy) is 1. The molecule has 3 rings (SSSR count). The second-order valence-electron chi connectivity index (χ2n) is 6.31. The smallest absolute Gasteiger partial charge is 0.241 e. The minimum absolute atomic E-state index is 0.00255. The fourth-order valence-corrected chi connectivity index (χ4v) is 4.84. The lowest BCUT2D eigenvalue weighted by molar-refractivity contribution is -0.119. The molecule has 0 unspecified atom stereocenters. The second kappa shape index (κ2) is 7.34. The number of nitrogens with one attached hydrogen (secondary N) is 1. The predicted molar refractivity (Wildman–Crippen MR) is 101 cm³/mol. The zero-order valence-electron chi connectivity index (χ0n) is 14.6. The molecule has 2 aromatic rings. The van der Waals surface area contributed by atoms with E-state index >= 15 is 0 Å². The third kappa shape index (κ3) is 3.89. The fraction of sp³-hybridized carbons (Fsp3) is 0.412. The van der Waals surface area contributed by atoms with Crippen molar-refractivity contribution in [2.24, 2.45) is 11.1 Å². The fourth-order valence-electron chi connectivity index (χ4n) is 3.15. The van der Waals surface area contributed by atoms with Crippen LogP contribution in [0.2, 0.25) is 0 Å². The maximum atomic E-state index is 12.3. The number of hydrogen-bond donors (Lipinski definition) is 2. The van der Waals surface area contributed by atoms with Crippen molar-refractivity contribution < 1.29 is 17.9 Å². The quantitative estimate of drug-likeness (QED) is 0.808. The Morgan fingerprint density at radius 1 is 1.35 bits per heavy atom. The molecule has 0 radical (unpaired) electrons. The summed E-state index contributed by atoms with van der Waals surface area (Å²) in [6, 6.07) is 4.78. The van der Waals surface area contributed by atoms with Gasteiger partial charge < -0.3 is 10.1 Å². The van der Waals surface area contributed by atoms with Crippen molar-refractivity contribution >= 4 is 32.4 Å². The third-order valence-electron chi connectivity index (χ3n) is 4.49. The van der Waals surface area contributed by atoms with E-state index in [-0.39, 0.29) is 22.5 Å². The van der Waals surface area contributed by atoms with Gasteiger partial charge in [0.1, 0.15) is 10.6 Å². The van der Waals surface area contributed by atoms with E-state index < -0.39 is 10.0 Å². The number of anilines is 1. The summed E-state index contributed by atoms with van der Waals surface area (Å²) in [5, 5.41) is 8.68. The van der Waals surface area contributed by atoms with Crippen LogP contribution in [0.4, 0.5) is 5.13 Å². The number of amides is 1. The minimum atomic E-state index is -3.92. The van der Waals surface area contributed by atoms with Crippen LogP contribution in [0, 0.1) is 12.8 Å². The molecule has 0 atom stereocenters. The molecule has 3 N–H and O–H groups in total. The Kier molecular flexibility index (Phi) is 5.31. The van der Waals surface area contributed by atoms with Crippen molar-refractivity contribution in [2.45, 2.75) is 37.5 Å².